The van der Waals surface area contributed by atoms with E-state index in [4.69, 9.17) is 14.6 Å². The number of amides is 2. The highest BCUT2D eigenvalue weighted by Gasteiger charge is 2.49. The van der Waals surface area contributed by atoms with Crippen molar-refractivity contribution in [2.24, 2.45) is 11.3 Å². The van der Waals surface area contributed by atoms with Crippen molar-refractivity contribution in [1.29, 1.82) is 0 Å². The third-order valence-electron chi connectivity index (χ3n) is 12.3. The van der Waals surface area contributed by atoms with Crippen molar-refractivity contribution < 1.29 is 19.1 Å². The van der Waals surface area contributed by atoms with Crippen LogP contribution in [0.25, 0.3) is 11.1 Å². The number of benzene rings is 1. The first-order valence-corrected chi connectivity index (χ1v) is 19.0. The van der Waals surface area contributed by atoms with E-state index < -0.39 is 5.60 Å². The fraction of sp³-hybridized carbons (Fsp3) is 0.718. The van der Waals surface area contributed by atoms with E-state index in [2.05, 4.69) is 39.7 Å². The van der Waals surface area contributed by atoms with Gasteiger partial charge in [0.15, 0.2) is 0 Å². The van der Waals surface area contributed by atoms with Crippen molar-refractivity contribution >= 4 is 17.7 Å². The summed E-state index contributed by atoms with van der Waals surface area (Å²) in [6.07, 6.45) is 18.9. The predicted octanol–water partition coefficient (Wildman–Crippen LogP) is 7.38. The van der Waals surface area contributed by atoms with E-state index in [1.54, 1.807) is 0 Å². The summed E-state index contributed by atoms with van der Waals surface area (Å²) in [5.74, 6) is 1.49. The average Bonchev–Trinajstić information content (AvgIpc) is 3.77. The largest absolute Gasteiger partial charge is 0.489 e. The lowest BCUT2D eigenvalue weighted by Crippen LogP contribution is -2.61. The number of aromatic nitrogens is 2. The maximum atomic E-state index is 13.4. The zero-order valence-electron chi connectivity index (χ0n) is 29.6. The zero-order chi connectivity index (χ0) is 33.2. The van der Waals surface area contributed by atoms with Gasteiger partial charge in [-0.2, -0.15) is 5.10 Å². The zero-order valence-corrected chi connectivity index (χ0v) is 29.6. The molecule has 2 amide bonds. The first kappa shape index (κ1) is 32.2. The molecule has 2 aromatic rings. The Hall–Kier alpha value is -3.07. The smallest absolute Gasteiger partial charge is 0.410 e. The topological polar surface area (TPSA) is 80.1 Å². The average molecular weight is 658 g/mol. The quantitative estimate of drug-likeness (QED) is 0.323. The summed E-state index contributed by atoms with van der Waals surface area (Å²) < 4.78 is 14.6. The van der Waals surface area contributed by atoms with Gasteiger partial charge in [0.25, 0.3) is 0 Å². The molecule has 6 aliphatic rings. The van der Waals surface area contributed by atoms with Gasteiger partial charge >= 0.3 is 6.09 Å². The third-order valence-corrected chi connectivity index (χ3v) is 12.3. The van der Waals surface area contributed by atoms with Crippen LogP contribution in [0.15, 0.2) is 24.5 Å². The normalized spacial score (nSPS) is 25.4. The van der Waals surface area contributed by atoms with E-state index >= 15 is 0 Å². The van der Waals surface area contributed by atoms with Gasteiger partial charge in [-0.15, -0.1) is 0 Å². The second-order valence-corrected chi connectivity index (χ2v) is 17.0. The number of fused-ring (bicyclic) bond motifs is 1. The molecule has 0 radical (unpaired) electrons. The van der Waals surface area contributed by atoms with Crippen molar-refractivity contribution in [3.63, 3.8) is 0 Å². The molecular weight excluding hydrogens is 602 g/mol. The van der Waals surface area contributed by atoms with Crippen LogP contribution in [-0.2, 0) is 16.0 Å². The standard InChI is InChI=1S/C39H55N5O4/c1-26-8-11-33-34(44(26)36(45)27-9-10-27)13-12-32(35(33)47-31-6-5-7-31)28-22-40-43(23-28)30-16-20-41(21-17-30)29-14-18-39(19-15-29)24-42(25-39)37(46)48-38(2,3)4/h12-13,22-23,26-27,29-31H,5-11,14-21,24-25H2,1-4H3/t26-/m0/s1. The number of nitrogens with zero attached hydrogens (tertiary/aromatic N) is 5. The van der Waals surface area contributed by atoms with Gasteiger partial charge in [-0.05, 0) is 123 Å². The molecule has 1 aromatic carbocycles. The Balaban J connectivity index is 0.904. The van der Waals surface area contributed by atoms with Crippen molar-refractivity contribution in [1.82, 2.24) is 19.6 Å². The van der Waals surface area contributed by atoms with Crippen LogP contribution < -0.4 is 9.64 Å². The highest BCUT2D eigenvalue weighted by molar-refractivity contribution is 5.99. The highest BCUT2D eigenvalue weighted by atomic mass is 16.6. The minimum absolute atomic E-state index is 0.158. The van der Waals surface area contributed by atoms with Gasteiger partial charge in [-0.25, -0.2) is 4.79 Å². The van der Waals surface area contributed by atoms with Gasteiger partial charge in [0.1, 0.15) is 11.4 Å². The number of likely N-dealkylation sites (tertiary alicyclic amines) is 2. The number of anilines is 1. The van der Waals surface area contributed by atoms with Gasteiger partial charge in [0.2, 0.25) is 5.91 Å². The molecule has 1 spiro atoms. The summed E-state index contributed by atoms with van der Waals surface area (Å²) >= 11 is 0. The lowest BCUT2D eigenvalue weighted by atomic mass is 9.67. The van der Waals surface area contributed by atoms with Crippen LogP contribution in [0.3, 0.4) is 0 Å². The van der Waals surface area contributed by atoms with E-state index in [0.29, 0.717) is 23.4 Å². The molecule has 9 heteroatoms. The molecular formula is C39H55N5O4. The molecule has 3 saturated carbocycles. The van der Waals surface area contributed by atoms with Crippen molar-refractivity contribution in [3.05, 3.63) is 30.1 Å². The Kier molecular flexibility index (Phi) is 8.28. The molecule has 0 unspecified atom stereocenters. The minimum atomic E-state index is -0.436. The third kappa shape index (κ3) is 6.25. The molecule has 1 atom stereocenters. The van der Waals surface area contributed by atoms with E-state index in [-0.39, 0.29) is 24.2 Å². The summed E-state index contributed by atoms with van der Waals surface area (Å²) in [6.45, 7) is 11.9. The molecule has 3 aliphatic heterocycles. The van der Waals surface area contributed by atoms with Crippen molar-refractivity contribution in [3.8, 4) is 16.9 Å². The number of carbonyl (C=O) groups is 2. The van der Waals surface area contributed by atoms with Crippen molar-refractivity contribution in [2.45, 2.75) is 141 Å². The fourth-order valence-electron chi connectivity index (χ4n) is 8.99. The Morgan fingerprint density at radius 1 is 0.917 bits per heavy atom. The van der Waals surface area contributed by atoms with Crippen LogP contribution in [0.5, 0.6) is 5.75 Å². The maximum absolute atomic E-state index is 13.4. The summed E-state index contributed by atoms with van der Waals surface area (Å²) in [5.41, 5.74) is 4.38. The van der Waals surface area contributed by atoms with Gasteiger partial charge < -0.3 is 24.2 Å². The lowest BCUT2D eigenvalue weighted by molar-refractivity contribution is -0.120. The second-order valence-electron chi connectivity index (χ2n) is 17.0. The molecule has 1 aromatic heterocycles. The second kappa shape index (κ2) is 12.4. The van der Waals surface area contributed by atoms with Crippen LogP contribution in [0, 0.1) is 11.3 Å². The highest BCUT2D eigenvalue weighted by Crippen LogP contribution is 2.48. The number of carbonyl (C=O) groups excluding carboxylic acids is 2. The Morgan fingerprint density at radius 3 is 2.29 bits per heavy atom. The first-order chi connectivity index (χ1) is 23.1. The monoisotopic (exact) mass is 657 g/mol. The molecule has 260 valence electrons. The number of rotatable bonds is 6. The number of hydrogen-bond acceptors (Lipinski definition) is 6. The molecule has 4 heterocycles. The summed E-state index contributed by atoms with van der Waals surface area (Å²) in [5, 5.41) is 4.92. The maximum Gasteiger partial charge on any atom is 0.410 e. The van der Waals surface area contributed by atoms with E-state index in [9.17, 15) is 9.59 Å². The molecule has 3 aliphatic carbocycles. The SMILES string of the molecule is C[C@H]1CCc2c(ccc(-c3cnn(C4CCN(C5CCC6(CC5)CN(C(=O)OC(C)(C)C)C6)CC4)c3)c2OC2CCC2)N1C(=O)C1CC1. The minimum Gasteiger partial charge on any atom is -0.489 e. The van der Waals surface area contributed by atoms with E-state index in [0.717, 1.165) is 100 Å². The van der Waals surface area contributed by atoms with Crippen LogP contribution in [0.4, 0.5) is 10.5 Å². The molecule has 9 nitrogen and oxygen atoms in total. The number of hydrogen-bond donors (Lipinski definition) is 0. The fourth-order valence-corrected chi connectivity index (χ4v) is 8.99. The molecule has 0 bridgehead atoms. The van der Waals surface area contributed by atoms with Crippen LogP contribution >= 0.6 is 0 Å². The molecule has 5 fully saturated rings. The molecule has 8 rings (SSSR count). The Morgan fingerprint density at radius 2 is 1.65 bits per heavy atom. The molecule has 2 saturated heterocycles. The lowest BCUT2D eigenvalue weighted by Gasteiger charge is -2.54. The predicted molar refractivity (Wildman–Crippen MR) is 186 cm³/mol. The molecule has 0 N–H and O–H groups in total. The number of piperidine rings is 1. The van der Waals surface area contributed by atoms with Gasteiger partial charge in [0, 0.05) is 72.5 Å². The summed E-state index contributed by atoms with van der Waals surface area (Å²) in [7, 11) is 0. The van der Waals surface area contributed by atoms with Gasteiger partial charge in [0.05, 0.1) is 24.0 Å². The van der Waals surface area contributed by atoms with Gasteiger partial charge in [-0.1, -0.05) is 0 Å². The van der Waals surface area contributed by atoms with E-state index in [1.165, 1.54) is 37.7 Å². The van der Waals surface area contributed by atoms with Crippen LogP contribution in [-0.4, -0.2) is 81.5 Å². The van der Waals surface area contributed by atoms with Crippen LogP contribution in [0.2, 0.25) is 0 Å². The van der Waals surface area contributed by atoms with Crippen molar-refractivity contribution in [2.75, 3.05) is 31.1 Å². The van der Waals surface area contributed by atoms with Crippen LogP contribution in [0.1, 0.15) is 116 Å². The first-order valence-electron chi connectivity index (χ1n) is 19.0. The summed E-state index contributed by atoms with van der Waals surface area (Å²) in [4.78, 5) is 32.5. The van der Waals surface area contributed by atoms with Gasteiger partial charge in [-0.3, -0.25) is 9.48 Å². The number of ether oxygens (including phenoxy) is 2. The van der Waals surface area contributed by atoms with E-state index in [1.807, 2.05) is 31.9 Å². The summed E-state index contributed by atoms with van der Waals surface area (Å²) in [6, 6.07) is 5.64. The molecule has 48 heavy (non-hydrogen) atoms. The Labute approximate surface area is 286 Å². The Bertz CT molecular complexity index is 1510.